The summed E-state index contributed by atoms with van der Waals surface area (Å²) >= 11 is 0. The molecule has 0 atom stereocenters. The standard InChI is InChI=1S/C22H20N2O3/c1-13-8-14(2)22-17(9-13)18(10-15(3)23-22)24-21(25)7-5-16-4-6-19-20(11-16)27-12-26-19/h4-11H,12H2,1-3H3,(H,23,24,25)/b7-5+. The maximum absolute atomic E-state index is 12.5. The highest BCUT2D eigenvalue weighted by Gasteiger charge is 2.13. The summed E-state index contributed by atoms with van der Waals surface area (Å²) in [6.45, 7) is 6.23. The fourth-order valence-corrected chi connectivity index (χ4v) is 3.28. The zero-order valence-electron chi connectivity index (χ0n) is 15.5. The second-order valence-electron chi connectivity index (χ2n) is 6.72. The Morgan fingerprint density at radius 3 is 2.74 bits per heavy atom. The van der Waals surface area contributed by atoms with Gasteiger partial charge in [0.15, 0.2) is 11.5 Å². The molecule has 3 aromatic rings. The van der Waals surface area contributed by atoms with Crippen molar-refractivity contribution in [3.63, 3.8) is 0 Å². The van der Waals surface area contributed by atoms with E-state index in [1.54, 1.807) is 6.08 Å². The molecule has 0 spiro atoms. The van der Waals surface area contributed by atoms with E-state index in [4.69, 9.17) is 9.47 Å². The van der Waals surface area contributed by atoms with Gasteiger partial charge in [-0.1, -0.05) is 17.7 Å². The first kappa shape index (κ1) is 17.1. The van der Waals surface area contributed by atoms with Crippen LogP contribution in [-0.4, -0.2) is 17.7 Å². The first-order chi connectivity index (χ1) is 13.0. The molecule has 0 unspecified atom stereocenters. The number of anilines is 1. The third kappa shape index (κ3) is 3.49. The van der Waals surface area contributed by atoms with E-state index in [9.17, 15) is 4.79 Å². The van der Waals surface area contributed by atoms with Crippen LogP contribution < -0.4 is 14.8 Å². The molecular weight excluding hydrogens is 340 g/mol. The summed E-state index contributed by atoms with van der Waals surface area (Å²) in [5, 5.41) is 3.93. The molecule has 2 aromatic carbocycles. The zero-order chi connectivity index (χ0) is 19.0. The molecular formula is C22H20N2O3. The molecule has 1 aliphatic rings. The van der Waals surface area contributed by atoms with E-state index in [0.717, 1.165) is 44.7 Å². The molecule has 2 heterocycles. The number of aryl methyl sites for hydroxylation is 3. The largest absolute Gasteiger partial charge is 0.454 e. The van der Waals surface area contributed by atoms with Crippen molar-refractivity contribution in [2.45, 2.75) is 20.8 Å². The van der Waals surface area contributed by atoms with Gasteiger partial charge in [-0.25, -0.2) is 0 Å². The van der Waals surface area contributed by atoms with Crippen LogP contribution in [0.4, 0.5) is 5.69 Å². The molecule has 0 aliphatic carbocycles. The third-order valence-corrected chi connectivity index (χ3v) is 4.46. The molecule has 0 fully saturated rings. The van der Waals surface area contributed by atoms with Crippen molar-refractivity contribution in [3.05, 3.63) is 64.9 Å². The van der Waals surface area contributed by atoms with Crippen molar-refractivity contribution in [2.24, 2.45) is 0 Å². The Balaban J connectivity index is 1.59. The summed E-state index contributed by atoms with van der Waals surface area (Å²) < 4.78 is 10.7. The Bertz CT molecular complexity index is 1090. The molecule has 5 heteroatoms. The summed E-state index contributed by atoms with van der Waals surface area (Å²) in [4.78, 5) is 17.1. The van der Waals surface area contributed by atoms with Crippen LogP contribution in [0.1, 0.15) is 22.4 Å². The quantitative estimate of drug-likeness (QED) is 0.697. The molecule has 0 saturated carbocycles. The van der Waals surface area contributed by atoms with Crippen LogP contribution in [0.15, 0.2) is 42.5 Å². The van der Waals surface area contributed by atoms with Crippen LogP contribution in [0.2, 0.25) is 0 Å². The Kier molecular flexibility index (Phi) is 4.28. The van der Waals surface area contributed by atoms with E-state index in [1.807, 2.05) is 51.1 Å². The van der Waals surface area contributed by atoms with E-state index in [-0.39, 0.29) is 12.7 Å². The summed E-state index contributed by atoms with van der Waals surface area (Å²) in [7, 11) is 0. The molecule has 4 rings (SSSR count). The number of carbonyl (C=O) groups is 1. The summed E-state index contributed by atoms with van der Waals surface area (Å²) in [5.41, 5.74) is 5.65. The number of hydrogen-bond acceptors (Lipinski definition) is 4. The van der Waals surface area contributed by atoms with Crippen LogP contribution in [0.3, 0.4) is 0 Å². The maximum atomic E-state index is 12.5. The first-order valence-corrected chi connectivity index (χ1v) is 8.77. The smallest absolute Gasteiger partial charge is 0.248 e. The monoisotopic (exact) mass is 360 g/mol. The van der Waals surface area contributed by atoms with Crippen molar-refractivity contribution >= 4 is 28.6 Å². The molecule has 1 aliphatic heterocycles. The molecule has 1 aromatic heterocycles. The SMILES string of the molecule is Cc1cc(C)c2nc(C)cc(NC(=O)/C=C/c3ccc4c(c3)OCO4)c2c1. The van der Waals surface area contributed by atoms with Crippen molar-refractivity contribution in [3.8, 4) is 11.5 Å². The second kappa shape index (κ2) is 6.76. The lowest BCUT2D eigenvalue weighted by Crippen LogP contribution is -2.09. The highest BCUT2D eigenvalue weighted by molar-refractivity contribution is 6.07. The van der Waals surface area contributed by atoms with E-state index < -0.39 is 0 Å². The molecule has 0 bridgehead atoms. The average molecular weight is 360 g/mol. The maximum Gasteiger partial charge on any atom is 0.248 e. The Labute approximate surface area is 157 Å². The van der Waals surface area contributed by atoms with E-state index in [1.165, 1.54) is 6.08 Å². The molecule has 5 nitrogen and oxygen atoms in total. The lowest BCUT2D eigenvalue weighted by molar-refractivity contribution is -0.111. The van der Waals surface area contributed by atoms with Crippen molar-refractivity contribution in [1.29, 1.82) is 0 Å². The number of pyridine rings is 1. The minimum absolute atomic E-state index is 0.196. The Morgan fingerprint density at radius 2 is 1.89 bits per heavy atom. The van der Waals surface area contributed by atoms with Crippen molar-refractivity contribution in [2.75, 3.05) is 12.1 Å². The summed E-state index contributed by atoms with van der Waals surface area (Å²) in [6, 6.07) is 11.6. The number of nitrogens with one attached hydrogen (secondary N) is 1. The third-order valence-electron chi connectivity index (χ3n) is 4.46. The first-order valence-electron chi connectivity index (χ1n) is 8.77. The van der Waals surface area contributed by atoms with Crippen molar-refractivity contribution < 1.29 is 14.3 Å². The van der Waals surface area contributed by atoms with Crippen LogP contribution in [0.25, 0.3) is 17.0 Å². The van der Waals surface area contributed by atoms with Gasteiger partial charge < -0.3 is 14.8 Å². The lowest BCUT2D eigenvalue weighted by Gasteiger charge is -2.11. The molecule has 0 radical (unpaired) electrons. The van der Waals surface area contributed by atoms with Gasteiger partial charge in [-0.05, 0) is 62.2 Å². The van der Waals surface area contributed by atoms with E-state index in [0.29, 0.717) is 5.75 Å². The van der Waals surface area contributed by atoms with Crippen LogP contribution in [0.5, 0.6) is 11.5 Å². The van der Waals surface area contributed by atoms with Crippen LogP contribution in [0, 0.1) is 20.8 Å². The van der Waals surface area contributed by atoms with Crippen molar-refractivity contribution in [1.82, 2.24) is 4.98 Å². The van der Waals surface area contributed by atoms with Gasteiger partial charge in [-0.15, -0.1) is 0 Å². The average Bonchev–Trinajstić information content (AvgIpc) is 3.09. The van der Waals surface area contributed by atoms with Gasteiger partial charge in [-0.3, -0.25) is 9.78 Å². The van der Waals surface area contributed by atoms with Gasteiger partial charge in [0.25, 0.3) is 0 Å². The van der Waals surface area contributed by atoms with Gasteiger partial charge in [0.05, 0.1) is 11.2 Å². The Morgan fingerprint density at radius 1 is 1.07 bits per heavy atom. The molecule has 27 heavy (non-hydrogen) atoms. The number of fused-ring (bicyclic) bond motifs is 2. The van der Waals surface area contributed by atoms with Gasteiger partial charge in [-0.2, -0.15) is 0 Å². The summed E-state index contributed by atoms with van der Waals surface area (Å²) in [6.07, 6.45) is 3.27. The molecule has 0 saturated heterocycles. The lowest BCUT2D eigenvalue weighted by atomic mass is 10.0. The predicted octanol–water partition coefficient (Wildman–Crippen LogP) is 4.54. The number of hydrogen-bond donors (Lipinski definition) is 1. The molecule has 1 amide bonds. The molecule has 136 valence electrons. The number of nitrogens with zero attached hydrogens (tertiary/aromatic N) is 1. The van der Waals surface area contributed by atoms with Crippen LogP contribution in [-0.2, 0) is 4.79 Å². The topological polar surface area (TPSA) is 60.5 Å². The minimum Gasteiger partial charge on any atom is -0.454 e. The highest BCUT2D eigenvalue weighted by atomic mass is 16.7. The highest BCUT2D eigenvalue weighted by Crippen LogP contribution is 2.33. The van der Waals surface area contributed by atoms with Gasteiger partial charge in [0.2, 0.25) is 12.7 Å². The Hall–Kier alpha value is -3.34. The number of rotatable bonds is 3. The number of amides is 1. The number of aromatic nitrogens is 1. The minimum atomic E-state index is -0.196. The van der Waals surface area contributed by atoms with E-state index >= 15 is 0 Å². The second-order valence-corrected chi connectivity index (χ2v) is 6.72. The fraction of sp³-hybridized carbons (Fsp3) is 0.182. The normalized spacial score (nSPS) is 12.7. The molecule has 1 N–H and O–H groups in total. The number of benzene rings is 2. The fourth-order valence-electron chi connectivity index (χ4n) is 3.28. The van der Waals surface area contributed by atoms with Gasteiger partial charge >= 0.3 is 0 Å². The summed E-state index contributed by atoms with van der Waals surface area (Å²) in [5.74, 6) is 1.22. The predicted molar refractivity (Wildman–Crippen MR) is 106 cm³/mol. The van der Waals surface area contributed by atoms with Gasteiger partial charge in [0.1, 0.15) is 0 Å². The van der Waals surface area contributed by atoms with Gasteiger partial charge in [0, 0.05) is 17.2 Å². The van der Waals surface area contributed by atoms with E-state index in [2.05, 4.69) is 16.4 Å². The number of carbonyl (C=O) groups excluding carboxylic acids is 1. The zero-order valence-corrected chi connectivity index (χ0v) is 15.5. The number of ether oxygens (including phenoxy) is 2. The van der Waals surface area contributed by atoms with Crippen LogP contribution >= 0.6 is 0 Å².